The summed E-state index contributed by atoms with van der Waals surface area (Å²) in [6, 6.07) is 22.3. The third-order valence-corrected chi connectivity index (χ3v) is 8.33. The number of primary amides is 1. The lowest BCUT2D eigenvalue weighted by Gasteiger charge is -2.34. The summed E-state index contributed by atoms with van der Waals surface area (Å²) in [6.45, 7) is 3.74. The van der Waals surface area contributed by atoms with Crippen LogP contribution in [0.2, 0.25) is 0 Å². The van der Waals surface area contributed by atoms with E-state index in [1.54, 1.807) is 17.0 Å². The number of benzene rings is 3. The predicted octanol–water partition coefficient (Wildman–Crippen LogP) is 5.03. The number of aromatic amines is 1. The maximum Gasteiger partial charge on any atom is 0.318 e. The van der Waals surface area contributed by atoms with Gasteiger partial charge >= 0.3 is 6.03 Å². The summed E-state index contributed by atoms with van der Waals surface area (Å²) in [7, 11) is 3.88. The van der Waals surface area contributed by atoms with Gasteiger partial charge in [0.25, 0.3) is 5.91 Å². The largest absolute Gasteiger partial charge is 0.366 e. The van der Waals surface area contributed by atoms with Gasteiger partial charge in [0.15, 0.2) is 0 Å². The number of likely N-dealkylation sites (tertiary alicyclic amines) is 1. The number of nitrogens with zero attached hydrogens (tertiary/aromatic N) is 2. The number of fused-ring (bicyclic) bond motifs is 1. The van der Waals surface area contributed by atoms with Gasteiger partial charge in [-0.3, -0.25) is 9.59 Å². The van der Waals surface area contributed by atoms with Crippen molar-refractivity contribution in [3.05, 3.63) is 101 Å². The zero-order chi connectivity index (χ0) is 30.5. The number of para-hydroxylation sites is 1. The van der Waals surface area contributed by atoms with Gasteiger partial charge in [-0.05, 0) is 67.7 Å². The topological polar surface area (TPSA) is 124 Å². The molecule has 1 aliphatic heterocycles. The maximum atomic E-state index is 14.0. The molecule has 9 heteroatoms. The van der Waals surface area contributed by atoms with Crippen LogP contribution in [0.1, 0.15) is 58.6 Å². The van der Waals surface area contributed by atoms with Crippen LogP contribution in [0.5, 0.6) is 0 Å². The van der Waals surface area contributed by atoms with Crippen molar-refractivity contribution in [2.75, 3.05) is 32.5 Å². The van der Waals surface area contributed by atoms with E-state index in [9.17, 15) is 14.4 Å². The molecule has 5 N–H and O–H groups in total. The molecular formula is C34H40N6O3. The fraction of sp³-hybridized carbons (Fsp3) is 0.324. The predicted molar refractivity (Wildman–Crippen MR) is 170 cm³/mol. The highest BCUT2D eigenvalue weighted by atomic mass is 16.2. The van der Waals surface area contributed by atoms with E-state index >= 15 is 0 Å². The molecule has 0 spiro atoms. The summed E-state index contributed by atoms with van der Waals surface area (Å²) in [5.41, 5.74) is 10.3. The number of hydrogen-bond donors (Lipinski definition) is 4. The highest BCUT2D eigenvalue weighted by Crippen LogP contribution is 2.31. The number of piperidine rings is 1. The molecule has 224 valence electrons. The lowest BCUT2D eigenvalue weighted by Crippen LogP contribution is -2.53. The van der Waals surface area contributed by atoms with Gasteiger partial charge in [-0.25, -0.2) is 4.79 Å². The molecule has 2 heterocycles. The van der Waals surface area contributed by atoms with Crippen LogP contribution in [0.3, 0.4) is 0 Å². The highest BCUT2D eigenvalue weighted by Gasteiger charge is 2.33. The lowest BCUT2D eigenvalue weighted by atomic mass is 9.89. The highest BCUT2D eigenvalue weighted by molar-refractivity contribution is 6.05. The Kier molecular flexibility index (Phi) is 9.11. The molecule has 0 radical (unpaired) electrons. The summed E-state index contributed by atoms with van der Waals surface area (Å²) in [4.78, 5) is 47.0. The lowest BCUT2D eigenvalue weighted by molar-refractivity contribution is -0.118. The second-order valence-corrected chi connectivity index (χ2v) is 11.6. The number of amides is 4. The van der Waals surface area contributed by atoms with E-state index in [-0.39, 0.29) is 17.5 Å². The number of rotatable bonds is 9. The third kappa shape index (κ3) is 6.89. The number of nitrogens with two attached hydrogens (primary N) is 1. The average Bonchev–Trinajstić information content (AvgIpc) is 3.44. The second kappa shape index (κ2) is 13.1. The summed E-state index contributed by atoms with van der Waals surface area (Å²) in [5.74, 6) is -1.05. The Labute approximate surface area is 252 Å². The summed E-state index contributed by atoms with van der Waals surface area (Å²) >= 11 is 0. The van der Waals surface area contributed by atoms with E-state index in [1.165, 1.54) is 5.56 Å². The van der Waals surface area contributed by atoms with Gasteiger partial charge in [-0.2, -0.15) is 0 Å². The molecule has 2 atom stereocenters. The van der Waals surface area contributed by atoms with Crippen molar-refractivity contribution in [2.45, 2.75) is 44.2 Å². The first-order chi connectivity index (χ1) is 20.7. The molecule has 4 aromatic rings. The number of carbonyl (C=O) groups is 3. The maximum absolute atomic E-state index is 14.0. The Morgan fingerprint density at radius 1 is 1.00 bits per heavy atom. The molecule has 43 heavy (non-hydrogen) atoms. The molecular weight excluding hydrogens is 540 g/mol. The van der Waals surface area contributed by atoms with E-state index in [2.05, 4.69) is 27.8 Å². The van der Waals surface area contributed by atoms with Crippen molar-refractivity contribution in [1.29, 1.82) is 0 Å². The molecule has 1 aliphatic rings. The SMILES string of the molecule is CC(c1c[nH]c2ccccc12)C(NC(=O)N1CCC(c2ccccc2)CC1)C(=O)Nc1cc(CN(C)C)ccc1C(N)=O. The van der Waals surface area contributed by atoms with Crippen molar-refractivity contribution in [3.8, 4) is 0 Å². The molecule has 0 aliphatic carbocycles. The van der Waals surface area contributed by atoms with Gasteiger partial charge in [0.2, 0.25) is 5.91 Å². The Morgan fingerprint density at radius 2 is 1.70 bits per heavy atom. The van der Waals surface area contributed by atoms with Crippen LogP contribution in [-0.4, -0.2) is 65.9 Å². The van der Waals surface area contributed by atoms with Gasteiger partial charge in [0.05, 0.1) is 11.3 Å². The average molecular weight is 581 g/mol. The fourth-order valence-electron chi connectivity index (χ4n) is 6.02. The summed E-state index contributed by atoms with van der Waals surface area (Å²) in [5, 5.41) is 6.96. The van der Waals surface area contributed by atoms with Crippen molar-refractivity contribution in [3.63, 3.8) is 0 Å². The van der Waals surface area contributed by atoms with Gasteiger partial charge < -0.3 is 31.2 Å². The van der Waals surface area contributed by atoms with E-state index in [0.29, 0.717) is 31.2 Å². The minimum Gasteiger partial charge on any atom is -0.366 e. The molecule has 0 bridgehead atoms. The second-order valence-electron chi connectivity index (χ2n) is 11.6. The van der Waals surface area contributed by atoms with Crippen LogP contribution in [0.4, 0.5) is 10.5 Å². The number of carbonyl (C=O) groups excluding carboxylic acids is 3. The van der Waals surface area contributed by atoms with E-state index in [4.69, 9.17) is 5.73 Å². The molecule has 5 rings (SSSR count). The van der Waals surface area contributed by atoms with Crippen LogP contribution >= 0.6 is 0 Å². The van der Waals surface area contributed by atoms with Crippen molar-refractivity contribution in [1.82, 2.24) is 20.1 Å². The van der Waals surface area contributed by atoms with E-state index in [1.807, 2.05) is 80.6 Å². The number of hydrogen-bond acceptors (Lipinski definition) is 4. The molecule has 4 amide bonds. The monoisotopic (exact) mass is 580 g/mol. The van der Waals surface area contributed by atoms with E-state index < -0.39 is 17.9 Å². The Hall–Kier alpha value is -4.63. The standard InChI is InChI=1S/C34H40N6O3/c1-22(28-20-36-29-12-8-7-11-26(28)29)31(33(42)37-30-19-23(21-39(2)3)13-14-27(30)32(35)41)38-34(43)40-17-15-25(16-18-40)24-9-5-4-6-10-24/h4-14,19-20,22,25,31,36H,15-18,21H2,1-3H3,(H2,35,41)(H,37,42)(H,38,43). The summed E-state index contributed by atoms with van der Waals surface area (Å²) < 4.78 is 0. The van der Waals surface area contributed by atoms with Gasteiger partial charge in [0, 0.05) is 42.7 Å². The van der Waals surface area contributed by atoms with Crippen LogP contribution < -0.4 is 16.4 Å². The smallest absolute Gasteiger partial charge is 0.318 e. The molecule has 3 aromatic carbocycles. The summed E-state index contributed by atoms with van der Waals surface area (Å²) in [6.07, 6.45) is 3.60. The van der Waals surface area contributed by atoms with E-state index in [0.717, 1.165) is 34.9 Å². The zero-order valence-electron chi connectivity index (χ0n) is 25.0. The molecule has 9 nitrogen and oxygen atoms in total. The molecule has 2 unspecified atom stereocenters. The van der Waals surface area contributed by atoms with Gasteiger partial charge in [-0.15, -0.1) is 0 Å². The fourth-order valence-corrected chi connectivity index (χ4v) is 6.02. The number of H-pyrrole nitrogens is 1. The van der Waals surface area contributed by atoms with Crippen LogP contribution in [0.25, 0.3) is 10.9 Å². The molecule has 0 saturated carbocycles. The first-order valence-electron chi connectivity index (χ1n) is 14.8. The first kappa shape index (κ1) is 29.8. The zero-order valence-corrected chi connectivity index (χ0v) is 25.0. The third-order valence-electron chi connectivity index (χ3n) is 8.33. The van der Waals surface area contributed by atoms with Crippen LogP contribution in [0.15, 0.2) is 79.0 Å². The molecule has 1 fully saturated rings. The van der Waals surface area contributed by atoms with Crippen molar-refractivity contribution in [2.24, 2.45) is 5.73 Å². The Morgan fingerprint density at radius 3 is 2.40 bits per heavy atom. The minimum atomic E-state index is -0.920. The number of aromatic nitrogens is 1. The Bertz CT molecular complexity index is 1590. The number of nitrogens with one attached hydrogen (secondary N) is 3. The van der Waals surface area contributed by atoms with Crippen molar-refractivity contribution >= 4 is 34.4 Å². The number of anilines is 1. The van der Waals surface area contributed by atoms with Crippen LogP contribution in [0, 0.1) is 0 Å². The quantitative estimate of drug-likeness (QED) is 0.222. The minimum absolute atomic E-state index is 0.212. The molecule has 1 aromatic heterocycles. The van der Waals surface area contributed by atoms with Crippen molar-refractivity contribution < 1.29 is 14.4 Å². The van der Waals surface area contributed by atoms with Gasteiger partial charge in [0.1, 0.15) is 6.04 Å². The number of urea groups is 1. The Balaban J connectivity index is 1.39. The first-order valence-corrected chi connectivity index (χ1v) is 14.8. The molecule has 1 saturated heterocycles. The van der Waals surface area contributed by atoms with Crippen LogP contribution in [-0.2, 0) is 11.3 Å². The van der Waals surface area contributed by atoms with Gasteiger partial charge in [-0.1, -0.05) is 61.5 Å². The normalized spacial score (nSPS) is 15.3.